The van der Waals surface area contributed by atoms with Gasteiger partial charge < -0.3 is 5.32 Å². The number of H-pyrrole nitrogens is 1. The van der Waals surface area contributed by atoms with Gasteiger partial charge in [-0.3, -0.25) is 4.98 Å². The standard InChI is InChI=1S/C17H22N4O2/c1-11(2)21-16(22)19-15(20-17(21)23)18-9-8-12-6-7-13-4-3-5-14(13)10-12/h6-7,10-11H,3-5,8-9H2,1-2H3,(H2,18,19,20,22,23). The van der Waals surface area contributed by atoms with Crippen LogP contribution in [0, 0.1) is 0 Å². The fourth-order valence-electron chi connectivity index (χ4n) is 3.07. The van der Waals surface area contributed by atoms with E-state index in [9.17, 15) is 9.59 Å². The highest BCUT2D eigenvalue weighted by molar-refractivity contribution is 5.35. The second-order valence-electron chi connectivity index (χ2n) is 6.27. The zero-order valence-corrected chi connectivity index (χ0v) is 13.6. The van der Waals surface area contributed by atoms with Crippen molar-refractivity contribution in [3.8, 4) is 0 Å². The molecule has 0 spiro atoms. The van der Waals surface area contributed by atoms with Gasteiger partial charge in [0.2, 0.25) is 5.95 Å². The average Bonchev–Trinajstić information content (AvgIpc) is 2.93. The van der Waals surface area contributed by atoms with E-state index in [0.29, 0.717) is 6.54 Å². The van der Waals surface area contributed by atoms with E-state index < -0.39 is 11.4 Å². The summed E-state index contributed by atoms with van der Waals surface area (Å²) in [7, 11) is 0. The number of hydrogen-bond acceptors (Lipinski definition) is 4. The normalized spacial score (nSPS) is 13.3. The molecule has 0 aliphatic heterocycles. The van der Waals surface area contributed by atoms with E-state index in [0.717, 1.165) is 11.0 Å². The first kappa shape index (κ1) is 15.5. The van der Waals surface area contributed by atoms with E-state index in [4.69, 9.17) is 0 Å². The summed E-state index contributed by atoms with van der Waals surface area (Å²) < 4.78 is 1.10. The highest BCUT2D eigenvalue weighted by Gasteiger charge is 2.11. The first-order chi connectivity index (χ1) is 11.0. The number of aromatic nitrogens is 3. The van der Waals surface area contributed by atoms with Crippen LogP contribution in [-0.4, -0.2) is 21.1 Å². The molecule has 0 fully saturated rings. The Kier molecular flexibility index (Phi) is 4.32. The summed E-state index contributed by atoms with van der Waals surface area (Å²) >= 11 is 0. The van der Waals surface area contributed by atoms with Gasteiger partial charge in [0, 0.05) is 12.6 Å². The monoisotopic (exact) mass is 314 g/mol. The minimum Gasteiger partial charge on any atom is -0.355 e. The number of nitrogens with one attached hydrogen (secondary N) is 2. The van der Waals surface area contributed by atoms with Crippen molar-refractivity contribution in [2.24, 2.45) is 0 Å². The van der Waals surface area contributed by atoms with E-state index in [2.05, 4.69) is 33.5 Å². The first-order valence-electron chi connectivity index (χ1n) is 8.12. The van der Waals surface area contributed by atoms with Crippen molar-refractivity contribution < 1.29 is 0 Å². The third-order valence-electron chi connectivity index (χ3n) is 4.24. The van der Waals surface area contributed by atoms with Crippen LogP contribution in [0.3, 0.4) is 0 Å². The molecule has 1 aromatic heterocycles. The molecular weight excluding hydrogens is 292 g/mol. The van der Waals surface area contributed by atoms with Crippen LogP contribution in [0.5, 0.6) is 0 Å². The van der Waals surface area contributed by atoms with E-state index >= 15 is 0 Å². The Bertz CT molecular complexity index is 789. The summed E-state index contributed by atoms with van der Waals surface area (Å²) in [5.41, 5.74) is 3.22. The minimum atomic E-state index is -0.524. The highest BCUT2D eigenvalue weighted by Crippen LogP contribution is 2.22. The molecule has 6 heteroatoms. The number of hydrogen-bond donors (Lipinski definition) is 2. The second kappa shape index (κ2) is 6.40. The van der Waals surface area contributed by atoms with Gasteiger partial charge in [-0.05, 0) is 56.2 Å². The maximum absolute atomic E-state index is 11.9. The second-order valence-corrected chi connectivity index (χ2v) is 6.27. The van der Waals surface area contributed by atoms with Crippen molar-refractivity contribution >= 4 is 5.95 Å². The van der Waals surface area contributed by atoms with Crippen LogP contribution in [0.1, 0.15) is 43.0 Å². The lowest BCUT2D eigenvalue weighted by atomic mass is 10.0. The van der Waals surface area contributed by atoms with Gasteiger partial charge in [-0.2, -0.15) is 4.98 Å². The van der Waals surface area contributed by atoms with Crippen LogP contribution < -0.4 is 16.7 Å². The molecule has 0 atom stereocenters. The summed E-state index contributed by atoms with van der Waals surface area (Å²) in [6, 6.07) is 6.41. The molecule has 0 unspecified atom stereocenters. The van der Waals surface area contributed by atoms with Crippen LogP contribution in [0.2, 0.25) is 0 Å². The Morgan fingerprint density at radius 3 is 2.78 bits per heavy atom. The van der Waals surface area contributed by atoms with E-state index in [1.165, 1.54) is 36.0 Å². The zero-order valence-electron chi connectivity index (χ0n) is 13.6. The number of anilines is 1. The Balaban J connectivity index is 1.65. The molecule has 1 aliphatic rings. The van der Waals surface area contributed by atoms with Crippen molar-refractivity contribution in [1.82, 2.24) is 14.5 Å². The van der Waals surface area contributed by atoms with Crippen molar-refractivity contribution in [3.63, 3.8) is 0 Å². The lowest BCUT2D eigenvalue weighted by molar-refractivity contribution is 0.530. The highest BCUT2D eigenvalue weighted by atomic mass is 16.2. The van der Waals surface area contributed by atoms with Crippen molar-refractivity contribution in [2.75, 3.05) is 11.9 Å². The number of fused-ring (bicyclic) bond motifs is 1. The molecule has 0 amide bonds. The fraction of sp³-hybridized carbons (Fsp3) is 0.471. The summed E-state index contributed by atoms with van der Waals surface area (Å²) in [6.45, 7) is 4.17. The maximum atomic E-state index is 11.9. The van der Waals surface area contributed by atoms with Gasteiger partial charge in [-0.25, -0.2) is 14.2 Å². The molecular formula is C17H22N4O2. The molecule has 2 N–H and O–H groups in total. The molecule has 1 heterocycles. The number of nitrogens with zero attached hydrogens (tertiary/aromatic N) is 2. The zero-order chi connectivity index (χ0) is 16.4. The van der Waals surface area contributed by atoms with Crippen LogP contribution >= 0.6 is 0 Å². The third kappa shape index (κ3) is 3.36. The fourth-order valence-corrected chi connectivity index (χ4v) is 3.07. The smallest absolute Gasteiger partial charge is 0.355 e. The number of rotatable bonds is 5. The molecule has 23 heavy (non-hydrogen) atoms. The molecule has 2 aromatic rings. The van der Waals surface area contributed by atoms with Crippen molar-refractivity contribution in [3.05, 3.63) is 55.9 Å². The third-order valence-corrected chi connectivity index (χ3v) is 4.24. The predicted molar refractivity (Wildman–Crippen MR) is 90.2 cm³/mol. The summed E-state index contributed by atoms with van der Waals surface area (Å²) in [5, 5.41) is 3.03. The maximum Gasteiger partial charge on any atom is 0.355 e. The van der Waals surface area contributed by atoms with Gasteiger partial charge in [0.1, 0.15) is 0 Å². The quantitative estimate of drug-likeness (QED) is 0.879. The molecule has 0 saturated heterocycles. The van der Waals surface area contributed by atoms with E-state index in [1.807, 2.05) is 0 Å². The largest absolute Gasteiger partial charge is 0.355 e. The Morgan fingerprint density at radius 1 is 1.26 bits per heavy atom. The molecule has 1 aliphatic carbocycles. The molecule has 0 saturated carbocycles. The van der Waals surface area contributed by atoms with Crippen molar-refractivity contribution in [1.29, 1.82) is 0 Å². The van der Waals surface area contributed by atoms with Crippen LogP contribution in [0.4, 0.5) is 5.95 Å². The number of aryl methyl sites for hydroxylation is 2. The van der Waals surface area contributed by atoms with E-state index in [1.54, 1.807) is 13.8 Å². The van der Waals surface area contributed by atoms with Crippen molar-refractivity contribution in [2.45, 2.75) is 45.6 Å². The Hall–Kier alpha value is -2.37. The molecule has 122 valence electrons. The SMILES string of the molecule is CC(C)n1c(=O)nc(NCCc2ccc3c(c2)CCC3)[nH]c1=O. The van der Waals surface area contributed by atoms with Gasteiger partial charge in [-0.1, -0.05) is 18.2 Å². The van der Waals surface area contributed by atoms with Crippen LogP contribution in [0.25, 0.3) is 0 Å². The Morgan fingerprint density at radius 2 is 2.04 bits per heavy atom. The van der Waals surface area contributed by atoms with Crippen LogP contribution in [-0.2, 0) is 19.3 Å². The lowest BCUT2D eigenvalue weighted by Crippen LogP contribution is -2.39. The summed E-state index contributed by atoms with van der Waals surface area (Å²) in [5.74, 6) is 0.234. The topological polar surface area (TPSA) is 79.8 Å². The molecule has 1 aromatic carbocycles. The predicted octanol–water partition coefficient (Wildman–Crippen LogP) is 1.66. The molecule has 3 rings (SSSR count). The minimum absolute atomic E-state index is 0.209. The molecule has 0 bridgehead atoms. The number of benzene rings is 1. The molecule has 6 nitrogen and oxygen atoms in total. The van der Waals surface area contributed by atoms with Gasteiger partial charge in [0.25, 0.3) is 0 Å². The first-order valence-corrected chi connectivity index (χ1v) is 8.12. The van der Waals surface area contributed by atoms with Gasteiger partial charge in [0.05, 0.1) is 0 Å². The van der Waals surface area contributed by atoms with E-state index in [-0.39, 0.29) is 12.0 Å². The average molecular weight is 314 g/mol. The summed E-state index contributed by atoms with van der Waals surface area (Å²) in [6.07, 6.45) is 4.42. The number of aromatic amines is 1. The summed E-state index contributed by atoms with van der Waals surface area (Å²) in [4.78, 5) is 30.2. The van der Waals surface area contributed by atoms with Gasteiger partial charge >= 0.3 is 11.4 Å². The Labute approximate surface area is 134 Å². The van der Waals surface area contributed by atoms with Crippen LogP contribution in [0.15, 0.2) is 27.8 Å². The lowest BCUT2D eigenvalue weighted by Gasteiger charge is -2.10. The van der Waals surface area contributed by atoms with Gasteiger partial charge in [0.15, 0.2) is 0 Å². The van der Waals surface area contributed by atoms with Gasteiger partial charge in [-0.15, -0.1) is 0 Å². The molecule has 0 radical (unpaired) electrons.